The Bertz CT molecular complexity index is 1420. The molecule has 4 nitrogen and oxygen atoms in total. The normalized spacial score (nSPS) is 16.8. The Kier molecular flexibility index (Phi) is 5.49. The van der Waals surface area contributed by atoms with Gasteiger partial charge in [0.2, 0.25) is 0 Å². The van der Waals surface area contributed by atoms with Crippen molar-refractivity contribution in [3.8, 4) is 5.00 Å². The number of urea groups is 1. The van der Waals surface area contributed by atoms with E-state index in [1.165, 1.54) is 45.5 Å². The van der Waals surface area contributed by atoms with E-state index in [9.17, 15) is 9.18 Å². The minimum absolute atomic E-state index is 0.227. The van der Waals surface area contributed by atoms with Gasteiger partial charge in [0.15, 0.2) is 0 Å². The van der Waals surface area contributed by atoms with Crippen molar-refractivity contribution < 1.29 is 9.18 Å². The molecule has 1 aliphatic heterocycles. The van der Waals surface area contributed by atoms with Crippen LogP contribution in [-0.4, -0.2) is 15.5 Å². The number of carbonyl (C=O) groups is 1. The van der Waals surface area contributed by atoms with Gasteiger partial charge in [0.1, 0.15) is 10.8 Å². The zero-order valence-corrected chi connectivity index (χ0v) is 20.8. The summed E-state index contributed by atoms with van der Waals surface area (Å²) in [5, 5.41) is 4.21. The number of benzene rings is 2. The number of amides is 2. The van der Waals surface area contributed by atoms with Crippen LogP contribution in [0.25, 0.3) is 5.00 Å². The SMILES string of the molecule is Cc1ccc([C@@H]2c3cccn3-c3sc4c(c3CN2C(=O)Nc2ccc(C)c(F)c2)CCCC4)cc1. The molecule has 2 aliphatic rings. The van der Waals surface area contributed by atoms with Gasteiger partial charge in [0.05, 0.1) is 18.3 Å². The van der Waals surface area contributed by atoms with Gasteiger partial charge in [-0.25, -0.2) is 9.18 Å². The maximum absolute atomic E-state index is 14.2. The molecular formula is C29H28FN3OS. The van der Waals surface area contributed by atoms with Crippen LogP contribution in [0.1, 0.15) is 57.3 Å². The number of halogens is 1. The first-order valence-corrected chi connectivity index (χ1v) is 13.0. The van der Waals surface area contributed by atoms with E-state index in [1.54, 1.807) is 19.1 Å². The molecule has 3 heterocycles. The van der Waals surface area contributed by atoms with E-state index in [4.69, 9.17) is 0 Å². The highest BCUT2D eigenvalue weighted by Crippen LogP contribution is 2.44. The Morgan fingerprint density at radius 3 is 2.63 bits per heavy atom. The van der Waals surface area contributed by atoms with Crippen LogP contribution in [0.15, 0.2) is 60.8 Å². The fourth-order valence-electron chi connectivity index (χ4n) is 5.35. The first kappa shape index (κ1) is 22.1. The Labute approximate surface area is 209 Å². The van der Waals surface area contributed by atoms with Gasteiger partial charge in [0, 0.05) is 22.3 Å². The van der Waals surface area contributed by atoms with Gasteiger partial charge >= 0.3 is 6.03 Å². The second kappa shape index (κ2) is 8.68. The number of anilines is 1. The van der Waals surface area contributed by atoms with E-state index in [2.05, 4.69) is 59.4 Å². The number of aromatic nitrogens is 1. The summed E-state index contributed by atoms with van der Waals surface area (Å²) in [4.78, 5) is 17.3. The highest BCUT2D eigenvalue weighted by molar-refractivity contribution is 7.15. The van der Waals surface area contributed by atoms with Crippen LogP contribution in [-0.2, 0) is 19.4 Å². The molecule has 0 bridgehead atoms. The average Bonchev–Trinajstić information content (AvgIpc) is 3.44. The molecule has 0 spiro atoms. The number of hydrogen-bond acceptors (Lipinski definition) is 2. The number of aryl methyl sites for hydroxylation is 3. The highest BCUT2D eigenvalue weighted by atomic mass is 32.1. The number of thiophene rings is 1. The number of nitrogens with one attached hydrogen (secondary N) is 1. The average molecular weight is 486 g/mol. The lowest BCUT2D eigenvalue weighted by molar-refractivity contribution is 0.194. The van der Waals surface area contributed by atoms with E-state index in [0.717, 1.165) is 24.1 Å². The number of nitrogens with zero attached hydrogens (tertiary/aromatic N) is 2. The summed E-state index contributed by atoms with van der Waals surface area (Å²) in [6, 6.07) is 16.9. The van der Waals surface area contributed by atoms with E-state index in [1.807, 2.05) is 16.2 Å². The quantitative estimate of drug-likeness (QED) is 0.318. The Balaban J connectivity index is 1.48. The third-order valence-electron chi connectivity index (χ3n) is 7.26. The smallest absolute Gasteiger partial charge is 0.310 e. The molecule has 4 aromatic rings. The van der Waals surface area contributed by atoms with Crippen molar-refractivity contribution in [2.24, 2.45) is 0 Å². The number of hydrogen-bond donors (Lipinski definition) is 1. The maximum atomic E-state index is 14.2. The molecule has 1 N–H and O–H groups in total. The molecule has 1 atom stereocenters. The topological polar surface area (TPSA) is 37.3 Å². The summed E-state index contributed by atoms with van der Waals surface area (Å²) >= 11 is 1.87. The first-order valence-electron chi connectivity index (χ1n) is 12.2. The molecule has 0 radical (unpaired) electrons. The van der Waals surface area contributed by atoms with E-state index < -0.39 is 0 Å². The first-order chi connectivity index (χ1) is 17.0. The molecule has 0 saturated heterocycles. The predicted octanol–water partition coefficient (Wildman–Crippen LogP) is 7.31. The summed E-state index contributed by atoms with van der Waals surface area (Å²) in [5.74, 6) is -0.322. The van der Waals surface area contributed by atoms with Gasteiger partial charge in [-0.3, -0.25) is 0 Å². The minimum Gasteiger partial charge on any atom is -0.310 e. The van der Waals surface area contributed by atoms with Crippen LogP contribution < -0.4 is 5.32 Å². The van der Waals surface area contributed by atoms with Gasteiger partial charge in [-0.1, -0.05) is 35.9 Å². The Hall–Kier alpha value is -3.38. The van der Waals surface area contributed by atoms with Gasteiger partial charge < -0.3 is 14.8 Å². The van der Waals surface area contributed by atoms with Crippen molar-refractivity contribution in [1.29, 1.82) is 0 Å². The fourth-order valence-corrected chi connectivity index (χ4v) is 6.76. The summed E-state index contributed by atoms with van der Waals surface area (Å²) in [6.07, 6.45) is 6.70. The zero-order chi connectivity index (χ0) is 24.1. The van der Waals surface area contributed by atoms with Crippen LogP contribution in [0, 0.1) is 19.7 Å². The maximum Gasteiger partial charge on any atom is 0.322 e. The Morgan fingerprint density at radius 2 is 1.83 bits per heavy atom. The summed E-state index contributed by atoms with van der Waals surface area (Å²) < 4.78 is 16.5. The van der Waals surface area contributed by atoms with Gasteiger partial charge in [-0.15, -0.1) is 11.3 Å². The third kappa shape index (κ3) is 3.86. The molecule has 0 fully saturated rings. The molecule has 6 heteroatoms. The van der Waals surface area contributed by atoms with E-state index in [0.29, 0.717) is 17.8 Å². The molecule has 2 aromatic heterocycles. The van der Waals surface area contributed by atoms with Gasteiger partial charge in [-0.05, 0) is 80.5 Å². The van der Waals surface area contributed by atoms with E-state index >= 15 is 0 Å². The van der Waals surface area contributed by atoms with Crippen LogP contribution in [0.3, 0.4) is 0 Å². The molecule has 2 amide bonds. The molecule has 0 unspecified atom stereocenters. The standard InChI is InChI=1S/C29H28FN3OS/c1-18-9-12-20(13-10-18)27-25-7-5-15-32(25)28-23(22-6-3-4-8-26(22)35-28)17-33(27)29(34)31-21-14-11-19(2)24(30)16-21/h5,7,9-16,27H,3-4,6,8,17H2,1-2H3,(H,31,34)/t27-/m1/s1. The number of rotatable bonds is 2. The molecular weight excluding hydrogens is 457 g/mol. The molecule has 35 heavy (non-hydrogen) atoms. The van der Waals surface area contributed by atoms with Crippen LogP contribution in [0.5, 0.6) is 0 Å². The molecule has 6 rings (SSSR count). The van der Waals surface area contributed by atoms with Crippen LogP contribution in [0.4, 0.5) is 14.9 Å². The van der Waals surface area contributed by atoms with Crippen LogP contribution in [0.2, 0.25) is 0 Å². The molecule has 178 valence electrons. The summed E-state index contributed by atoms with van der Waals surface area (Å²) in [6.45, 7) is 4.31. The number of fused-ring (bicyclic) bond motifs is 5. The van der Waals surface area contributed by atoms with Crippen molar-refractivity contribution in [2.45, 2.75) is 52.1 Å². The van der Waals surface area contributed by atoms with Crippen molar-refractivity contribution in [3.05, 3.63) is 105 Å². The van der Waals surface area contributed by atoms with E-state index in [-0.39, 0.29) is 17.9 Å². The summed E-state index contributed by atoms with van der Waals surface area (Å²) in [7, 11) is 0. The second-order valence-corrected chi connectivity index (χ2v) is 10.7. The molecule has 1 aliphatic carbocycles. The highest BCUT2D eigenvalue weighted by Gasteiger charge is 2.36. The predicted molar refractivity (Wildman–Crippen MR) is 139 cm³/mol. The van der Waals surface area contributed by atoms with Crippen molar-refractivity contribution in [2.75, 3.05) is 5.32 Å². The lowest BCUT2D eigenvalue weighted by Gasteiger charge is -2.31. The lowest BCUT2D eigenvalue weighted by Crippen LogP contribution is -2.38. The van der Waals surface area contributed by atoms with Crippen molar-refractivity contribution >= 4 is 23.1 Å². The zero-order valence-electron chi connectivity index (χ0n) is 20.0. The monoisotopic (exact) mass is 485 g/mol. The van der Waals surface area contributed by atoms with Gasteiger partial charge in [0.25, 0.3) is 0 Å². The van der Waals surface area contributed by atoms with Crippen molar-refractivity contribution in [1.82, 2.24) is 9.47 Å². The largest absolute Gasteiger partial charge is 0.322 e. The minimum atomic E-state index is -0.322. The molecule has 0 saturated carbocycles. The summed E-state index contributed by atoms with van der Waals surface area (Å²) in [5.41, 5.74) is 7.00. The van der Waals surface area contributed by atoms with Crippen LogP contribution >= 0.6 is 11.3 Å². The Morgan fingerprint density at radius 1 is 1.03 bits per heavy atom. The third-order valence-corrected chi connectivity index (χ3v) is 8.59. The molecule has 2 aromatic carbocycles. The fraction of sp³-hybridized carbons (Fsp3) is 0.276. The van der Waals surface area contributed by atoms with Crippen molar-refractivity contribution in [3.63, 3.8) is 0 Å². The second-order valence-electron chi connectivity index (χ2n) is 9.63. The lowest BCUT2D eigenvalue weighted by atomic mass is 9.95. The van der Waals surface area contributed by atoms with Gasteiger partial charge in [-0.2, -0.15) is 0 Å². The number of carbonyl (C=O) groups excluding carboxylic acids is 1.